The van der Waals surface area contributed by atoms with Gasteiger partial charge in [0.25, 0.3) is 0 Å². The van der Waals surface area contributed by atoms with Crippen LogP contribution in [0.3, 0.4) is 0 Å². The van der Waals surface area contributed by atoms with E-state index in [4.69, 9.17) is 21.1 Å². The zero-order valence-corrected chi connectivity index (χ0v) is 17.2. The molecule has 5 nitrogen and oxygen atoms in total. The van der Waals surface area contributed by atoms with E-state index < -0.39 is 11.9 Å². The monoisotopic (exact) mass is 422 g/mol. The molecule has 152 valence electrons. The lowest BCUT2D eigenvalue weighted by atomic mass is 10.1. The highest BCUT2D eigenvalue weighted by Crippen LogP contribution is 2.30. The first-order valence-electron chi connectivity index (χ1n) is 9.18. The molecule has 0 aliphatic rings. The van der Waals surface area contributed by atoms with Crippen LogP contribution in [0.2, 0.25) is 0 Å². The number of esters is 2. The number of hydrogen-bond acceptors (Lipinski definition) is 5. The molecule has 0 heterocycles. The lowest BCUT2D eigenvalue weighted by Crippen LogP contribution is -2.13. The predicted octanol–water partition coefficient (Wildman–Crippen LogP) is 5.16. The second kappa shape index (κ2) is 9.37. The Morgan fingerprint density at radius 1 is 0.667 bits per heavy atom. The zero-order valence-electron chi connectivity index (χ0n) is 16.5. The second-order valence-corrected chi connectivity index (χ2v) is 7.00. The van der Waals surface area contributed by atoms with Crippen molar-refractivity contribution in [1.82, 2.24) is 0 Å². The van der Waals surface area contributed by atoms with Gasteiger partial charge in [0.1, 0.15) is 0 Å². The molecular formula is C24H19ClO5. The number of ether oxygens (including phenoxy) is 2. The Bertz CT molecular complexity index is 1090. The molecule has 0 saturated heterocycles. The Morgan fingerprint density at radius 2 is 1.10 bits per heavy atom. The standard InChI is InChI=1S/C24H19ClO5/c1-15-3-7-17(8-4-15)23(27)29-21-12-11-19(20(26)14-25)13-22(21)30-24(28)18-9-5-16(2)6-10-18/h3-13H,14H2,1-2H3. The third-order valence-electron chi connectivity index (χ3n) is 4.37. The van der Waals surface area contributed by atoms with E-state index in [-0.39, 0.29) is 28.7 Å². The van der Waals surface area contributed by atoms with Gasteiger partial charge in [-0.1, -0.05) is 35.4 Å². The van der Waals surface area contributed by atoms with Crippen molar-refractivity contribution in [2.75, 3.05) is 5.88 Å². The summed E-state index contributed by atoms with van der Waals surface area (Å²) in [7, 11) is 0. The fourth-order valence-corrected chi connectivity index (χ4v) is 2.77. The Balaban J connectivity index is 1.90. The SMILES string of the molecule is Cc1ccc(C(=O)Oc2ccc(C(=O)CCl)cc2OC(=O)c2ccc(C)cc2)cc1. The van der Waals surface area contributed by atoms with Crippen molar-refractivity contribution >= 4 is 29.3 Å². The topological polar surface area (TPSA) is 69.7 Å². The molecule has 30 heavy (non-hydrogen) atoms. The molecule has 0 bridgehead atoms. The summed E-state index contributed by atoms with van der Waals surface area (Å²) >= 11 is 5.63. The third kappa shape index (κ3) is 5.13. The molecule has 0 radical (unpaired) electrons. The largest absolute Gasteiger partial charge is 0.419 e. The van der Waals surface area contributed by atoms with Gasteiger partial charge in [0, 0.05) is 5.56 Å². The first-order valence-corrected chi connectivity index (χ1v) is 9.71. The van der Waals surface area contributed by atoms with Gasteiger partial charge in [0.2, 0.25) is 0 Å². The average molecular weight is 423 g/mol. The molecule has 3 aromatic rings. The summed E-state index contributed by atoms with van der Waals surface area (Å²) in [6.07, 6.45) is 0. The van der Waals surface area contributed by atoms with Crippen LogP contribution in [0.1, 0.15) is 42.2 Å². The van der Waals surface area contributed by atoms with Crippen molar-refractivity contribution in [3.05, 3.63) is 94.5 Å². The number of ketones is 1. The van der Waals surface area contributed by atoms with Crippen LogP contribution in [0.4, 0.5) is 0 Å². The summed E-state index contributed by atoms with van der Waals surface area (Å²) in [6.45, 7) is 3.81. The fourth-order valence-electron chi connectivity index (χ4n) is 2.62. The number of halogens is 1. The third-order valence-corrected chi connectivity index (χ3v) is 4.61. The van der Waals surface area contributed by atoms with Crippen molar-refractivity contribution < 1.29 is 23.9 Å². The first-order chi connectivity index (χ1) is 14.4. The van der Waals surface area contributed by atoms with Gasteiger partial charge >= 0.3 is 11.9 Å². The van der Waals surface area contributed by atoms with Crippen LogP contribution in [0.25, 0.3) is 0 Å². The molecule has 6 heteroatoms. The van der Waals surface area contributed by atoms with E-state index in [2.05, 4.69) is 0 Å². The van der Waals surface area contributed by atoms with Crippen LogP contribution in [0, 0.1) is 13.8 Å². The van der Waals surface area contributed by atoms with E-state index in [1.54, 1.807) is 48.5 Å². The van der Waals surface area contributed by atoms with E-state index >= 15 is 0 Å². The molecule has 0 fully saturated rings. The molecule has 3 aromatic carbocycles. The molecule has 0 amide bonds. The van der Waals surface area contributed by atoms with Crippen LogP contribution >= 0.6 is 11.6 Å². The molecule has 0 spiro atoms. The molecule has 0 N–H and O–H groups in total. The number of hydrogen-bond donors (Lipinski definition) is 0. The molecule has 0 atom stereocenters. The Kier molecular flexibility index (Phi) is 6.65. The highest BCUT2D eigenvalue weighted by molar-refractivity contribution is 6.30. The molecule has 0 aromatic heterocycles. The van der Waals surface area contributed by atoms with Gasteiger partial charge in [-0.2, -0.15) is 0 Å². The smallest absolute Gasteiger partial charge is 0.343 e. The Hall–Kier alpha value is -3.44. The summed E-state index contributed by atoms with van der Waals surface area (Å²) in [5.74, 6) is -1.85. The van der Waals surface area contributed by atoms with E-state index in [1.807, 2.05) is 13.8 Å². The highest BCUT2D eigenvalue weighted by atomic mass is 35.5. The molecule has 0 aliphatic carbocycles. The maximum absolute atomic E-state index is 12.5. The second-order valence-electron chi connectivity index (χ2n) is 6.73. The fraction of sp³-hybridized carbons (Fsp3) is 0.125. The van der Waals surface area contributed by atoms with E-state index in [1.165, 1.54) is 18.2 Å². The number of aryl methyl sites for hydroxylation is 2. The normalized spacial score (nSPS) is 10.4. The minimum absolute atomic E-state index is 0.0205. The van der Waals surface area contributed by atoms with Gasteiger partial charge in [-0.15, -0.1) is 11.6 Å². The van der Waals surface area contributed by atoms with Crippen molar-refractivity contribution in [3.63, 3.8) is 0 Å². The van der Waals surface area contributed by atoms with Gasteiger partial charge < -0.3 is 9.47 Å². The summed E-state index contributed by atoms with van der Waals surface area (Å²) < 4.78 is 10.9. The summed E-state index contributed by atoms with van der Waals surface area (Å²) in [5.41, 5.74) is 2.91. The molecule has 0 aliphatic heterocycles. The number of rotatable bonds is 6. The number of carbonyl (C=O) groups is 3. The van der Waals surface area contributed by atoms with Gasteiger partial charge in [0.05, 0.1) is 17.0 Å². The van der Waals surface area contributed by atoms with Crippen molar-refractivity contribution in [2.45, 2.75) is 13.8 Å². The lowest BCUT2D eigenvalue weighted by Gasteiger charge is -2.12. The minimum atomic E-state index is -0.641. The van der Waals surface area contributed by atoms with Gasteiger partial charge in [-0.25, -0.2) is 9.59 Å². The van der Waals surface area contributed by atoms with E-state index in [0.29, 0.717) is 11.1 Å². The van der Waals surface area contributed by atoms with Crippen LogP contribution < -0.4 is 9.47 Å². The number of benzene rings is 3. The summed E-state index contributed by atoms with van der Waals surface area (Å²) in [6, 6.07) is 17.9. The van der Waals surface area contributed by atoms with Crippen LogP contribution in [0.15, 0.2) is 66.7 Å². The summed E-state index contributed by atoms with van der Waals surface area (Å²) in [5, 5.41) is 0. The van der Waals surface area contributed by atoms with Crippen molar-refractivity contribution in [3.8, 4) is 11.5 Å². The van der Waals surface area contributed by atoms with Crippen LogP contribution in [-0.2, 0) is 0 Å². The lowest BCUT2D eigenvalue weighted by molar-refractivity contribution is 0.0682. The minimum Gasteiger partial charge on any atom is -0.419 e. The molecule has 0 saturated carbocycles. The molecular weight excluding hydrogens is 404 g/mol. The zero-order chi connectivity index (χ0) is 21.7. The number of Topliss-reactive ketones (excluding diaryl/α,β-unsaturated/α-hetero) is 1. The Labute approximate surface area is 179 Å². The van der Waals surface area contributed by atoms with Gasteiger partial charge in [-0.05, 0) is 56.3 Å². The van der Waals surface area contributed by atoms with Crippen LogP contribution in [-0.4, -0.2) is 23.6 Å². The Morgan fingerprint density at radius 3 is 1.57 bits per heavy atom. The average Bonchev–Trinajstić information content (AvgIpc) is 2.75. The predicted molar refractivity (Wildman–Crippen MR) is 114 cm³/mol. The number of alkyl halides is 1. The van der Waals surface area contributed by atoms with E-state index in [9.17, 15) is 14.4 Å². The maximum atomic E-state index is 12.5. The highest BCUT2D eigenvalue weighted by Gasteiger charge is 2.18. The summed E-state index contributed by atoms with van der Waals surface area (Å²) in [4.78, 5) is 37.0. The maximum Gasteiger partial charge on any atom is 0.343 e. The van der Waals surface area contributed by atoms with Crippen LogP contribution in [0.5, 0.6) is 11.5 Å². The molecule has 3 rings (SSSR count). The van der Waals surface area contributed by atoms with E-state index in [0.717, 1.165) is 11.1 Å². The van der Waals surface area contributed by atoms with Gasteiger partial charge in [-0.3, -0.25) is 4.79 Å². The first kappa shape index (κ1) is 21.3. The molecule has 0 unspecified atom stereocenters. The van der Waals surface area contributed by atoms with Crippen molar-refractivity contribution in [1.29, 1.82) is 0 Å². The van der Waals surface area contributed by atoms with Crippen molar-refractivity contribution in [2.24, 2.45) is 0 Å². The van der Waals surface area contributed by atoms with Gasteiger partial charge in [0.15, 0.2) is 17.3 Å². The quantitative estimate of drug-likeness (QED) is 0.237. The number of carbonyl (C=O) groups excluding carboxylic acids is 3.